The maximum atomic E-state index is 12.0. The highest BCUT2D eigenvalue weighted by atomic mass is 32.1. The summed E-state index contributed by atoms with van der Waals surface area (Å²) in [5, 5.41) is 8.55. The summed E-state index contributed by atoms with van der Waals surface area (Å²) in [5.41, 5.74) is 1.99. The lowest BCUT2D eigenvalue weighted by Gasteiger charge is -2.12. The summed E-state index contributed by atoms with van der Waals surface area (Å²) in [4.78, 5) is 12.0. The Kier molecular flexibility index (Phi) is 4.91. The van der Waals surface area contributed by atoms with Crippen molar-refractivity contribution >= 4 is 17.1 Å². The van der Waals surface area contributed by atoms with Gasteiger partial charge in [-0.1, -0.05) is 13.8 Å². The SMILES string of the molecule is CCC(CC)n1ccc(CC(=O)Cc2ccsc2)n1. The summed E-state index contributed by atoms with van der Waals surface area (Å²) in [6.07, 6.45) is 5.08. The first-order chi connectivity index (χ1) is 9.22. The van der Waals surface area contributed by atoms with Gasteiger partial charge < -0.3 is 0 Å². The second-order valence-corrected chi connectivity index (χ2v) is 5.56. The first-order valence-electron chi connectivity index (χ1n) is 6.79. The number of carbonyl (C=O) groups excluding carboxylic acids is 1. The number of Topliss-reactive ketones (excluding diaryl/α,β-unsaturated/α-hetero) is 1. The third-order valence-corrected chi connectivity index (χ3v) is 4.07. The zero-order valence-corrected chi connectivity index (χ0v) is 12.3. The van der Waals surface area contributed by atoms with Crippen LogP contribution < -0.4 is 0 Å². The van der Waals surface area contributed by atoms with E-state index in [9.17, 15) is 4.79 Å². The fraction of sp³-hybridized carbons (Fsp3) is 0.467. The van der Waals surface area contributed by atoms with Crippen molar-refractivity contribution in [1.82, 2.24) is 9.78 Å². The highest BCUT2D eigenvalue weighted by Crippen LogP contribution is 2.15. The summed E-state index contributed by atoms with van der Waals surface area (Å²) >= 11 is 1.63. The monoisotopic (exact) mass is 276 g/mol. The van der Waals surface area contributed by atoms with Crippen molar-refractivity contribution in [1.29, 1.82) is 0 Å². The predicted octanol–water partition coefficient (Wildman–Crippen LogP) is 3.66. The molecule has 0 aromatic carbocycles. The molecule has 4 heteroatoms. The van der Waals surface area contributed by atoms with Gasteiger partial charge in [0.25, 0.3) is 0 Å². The van der Waals surface area contributed by atoms with E-state index in [0.29, 0.717) is 18.9 Å². The molecule has 0 radical (unpaired) electrons. The van der Waals surface area contributed by atoms with Crippen molar-refractivity contribution in [3.8, 4) is 0 Å². The third kappa shape index (κ3) is 3.77. The Morgan fingerprint density at radius 1 is 1.32 bits per heavy atom. The van der Waals surface area contributed by atoms with Gasteiger partial charge in [0.2, 0.25) is 0 Å². The third-order valence-electron chi connectivity index (χ3n) is 3.34. The largest absolute Gasteiger partial charge is 0.299 e. The molecule has 0 fully saturated rings. The minimum absolute atomic E-state index is 0.230. The Balaban J connectivity index is 1.94. The lowest BCUT2D eigenvalue weighted by molar-refractivity contribution is -0.117. The van der Waals surface area contributed by atoms with Crippen molar-refractivity contribution in [2.24, 2.45) is 0 Å². The summed E-state index contributed by atoms with van der Waals surface area (Å²) in [6, 6.07) is 4.41. The van der Waals surface area contributed by atoms with Gasteiger partial charge in [0.1, 0.15) is 5.78 Å². The normalized spacial score (nSPS) is 11.1. The summed E-state index contributed by atoms with van der Waals surface area (Å²) < 4.78 is 1.99. The minimum atomic E-state index is 0.230. The molecule has 2 rings (SSSR count). The molecule has 0 aliphatic heterocycles. The zero-order valence-electron chi connectivity index (χ0n) is 11.5. The molecule has 0 amide bonds. The molecule has 19 heavy (non-hydrogen) atoms. The Hall–Kier alpha value is -1.42. The average Bonchev–Trinajstić information content (AvgIpc) is 3.03. The van der Waals surface area contributed by atoms with Crippen molar-refractivity contribution in [3.05, 3.63) is 40.3 Å². The fourth-order valence-electron chi connectivity index (χ4n) is 2.22. The van der Waals surface area contributed by atoms with E-state index in [2.05, 4.69) is 18.9 Å². The number of hydrogen-bond acceptors (Lipinski definition) is 3. The average molecular weight is 276 g/mol. The number of aromatic nitrogens is 2. The molecule has 2 aromatic rings. The highest BCUT2D eigenvalue weighted by Gasteiger charge is 2.11. The van der Waals surface area contributed by atoms with E-state index >= 15 is 0 Å². The Morgan fingerprint density at radius 3 is 2.74 bits per heavy atom. The van der Waals surface area contributed by atoms with E-state index in [-0.39, 0.29) is 5.78 Å². The maximum Gasteiger partial charge on any atom is 0.143 e. The number of carbonyl (C=O) groups is 1. The molecule has 0 aliphatic carbocycles. The van der Waals surface area contributed by atoms with Crippen LogP contribution in [0.2, 0.25) is 0 Å². The molecule has 0 spiro atoms. The zero-order chi connectivity index (χ0) is 13.7. The van der Waals surface area contributed by atoms with Crippen molar-refractivity contribution in [3.63, 3.8) is 0 Å². The van der Waals surface area contributed by atoms with E-state index in [0.717, 1.165) is 24.1 Å². The van der Waals surface area contributed by atoms with Crippen molar-refractivity contribution in [2.75, 3.05) is 0 Å². The van der Waals surface area contributed by atoms with Crippen LogP contribution in [-0.2, 0) is 17.6 Å². The van der Waals surface area contributed by atoms with Gasteiger partial charge in [-0.15, -0.1) is 0 Å². The molecule has 2 aromatic heterocycles. The van der Waals surface area contributed by atoms with Crippen molar-refractivity contribution in [2.45, 2.75) is 45.6 Å². The van der Waals surface area contributed by atoms with Crippen molar-refractivity contribution < 1.29 is 4.79 Å². The highest BCUT2D eigenvalue weighted by molar-refractivity contribution is 7.07. The molecule has 0 saturated carbocycles. The molecule has 0 bridgehead atoms. The van der Waals surface area contributed by atoms with Gasteiger partial charge >= 0.3 is 0 Å². The second-order valence-electron chi connectivity index (χ2n) is 4.78. The first-order valence-corrected chi connectivity index (χ1v) is 7.74. The molecule has 0 unspecified atom stereocenters. The number of ketones is 1. The van der Waals surface area contributed by atoms with E-state index in [4.69, 9.17) is 0 Å². The Labute approximate surface area is 118 Å². The standard InChI is InChI=1S/C15H20N2OS/c1-3-14(4-2)17-7-5-13(16-17)10-15(18)9-12-6-8-19-11-12/h5-8,11,14H,3-4,9-10H2,1-2H3. The molecular weight excluding hydrogens is 256 g/mol. The number of nitrogens with zero attached hydrogens (tertiary/aromatic N) is 2. The summed E-state index contributed by atoms with van der Waals surface area (Å²) in [6.45, 7) is 4.33. The number of hydrogen-bond donors (Lipinski definition) is 0. The van der Waals surface area contributed by atoms with Crippen LogP contribution in [0.25, 0.3) is 0 Å². The molecule has 3 nitrogen and oxygen atoms in total. The van der Waals surface area contributed by atoms with Gasteiger partial charge in [-0.05, 0) is 41.3 Å². The van der Waals surface area contributed by atoms with Crippen LogP contribution in [0.15, 0.2) is 29.1 Å². The Bertz CT molecular complexity index is 512. The quantitative estimate of drug-likeness (QED) is 0.773. The first kappa shape index (κ1) is 14.0. The van der Waals surface area contributed by atoms with E-state index in [1.54, 1.807) is 11.3 Å². The number of rotatable bonds is 7. The van der Waals surface area contributed by atoms with E-state index in [1.807, 2.05) is 33.8 Å². The topological polar surface area (TPSA) is 34.9 Å². The van der Waals surface area contributed by atoms with Crippen LogP contribution in [0, 0.1) is 0 Å². The van der Waals surface area contributed by atoms with Crippen LogP contribution in [0.4, 0.5) is 0 Å². The molecule has 2 heterocycles. The van der Waals surface area contributed by atoms with Gasteiger partial charge in [0.05, 0.1) is 18.2 Å². The van der Waals surface area contributed by atoms with E-state index < -0.39 is 0 Å². The molecule has 0 atom stereocenters. The van der Waals surface area contributed by atoms with Gasteiger partial charge in [-0.2, -0.15) is 16.4 Å². The summed E-state index contributed by atoms with van der Waals surface area (Å²) in [5.74, 6) is 0.230. The van der Waals surface area contributed by atoms with Crippen LogP contribution in [0.5, 0.6) is 0 Å². The predicted molar refractivity (Wildman–Crippen MR) is 78.6 cm³/mol. The molecule has 0 saturated heterocycles. The van der Waals surface area contributed by atoms with Gasteiger partial charge in [0.15, 0.2) is 0 Å². The number of thiophene rings is 1. The molecule has 0 N–H and O–H groups in total. The van der Waals surface area contributed by atoms with Gasteiger partial charge in [-0.25, -0.2) is 0 Å². The van der Waals surface area contributed by atoms with Crippen LogP contribution in [0.3, 0.4) is 0 Å². The van der Waals surface area contributed by atoms with Crippen LogP contribution in [0.1, 0.15) is 44.0 Å². The minimum Gasteiger partial charge on any atom is -0.299 e. The lowest BCUT2D eigenvalue weighted by Crippen LogP contribution is -2.10. The van der Waals surface area contributed by atoms with E-state index in [1.165, 1.54) is 0 Å². The lowest BCUT2D eigenvalue weighted by atomic mass is 10.1. The van der Waals surface area contributed by atoms with Crippen LogP contribution in [-0.4, -0.2) is 15.6 Å². The van der Waals surface area contributed by atoms with Gasteiger partial charge in [-0.3, -0.25) is 9.48 Å². The summed E-state index contributed by atoms with van der Waals surface area (Å²) in [7, 11) is 0. The molecular formula is C15H20N2OS. The van der Waals surface area contributed by atoms with Gasteiger partial charge in [0, 0.05) is 12.6 Å². The van der Waals surface area contributed by atoms with Crippen LogP contribution >= 0.6 is 11.3 Å². The maximum absolute atomic E-state index is 12.0. The molecule has 102 valence electrons. The molecule has 0 aliphatic rings. The second kappa shape index (κ2) is 6.66. The smallest absolute Gasteiger partial charge is 0.143 e. The fourth-order valence-corrected chi connectivity index (χ4v) is 2.89. The Morgan fingerprint density at radius 2 is 2.11 bits per heavy atom.